The van der Waals surface area contributed by atoms with E-state index in [4.69, 9.17) is 5.73 Å². The van der Waals surface area contributed by atoms with Crippen molar-refractivity contribution in [1.82, 2.24) is 4.90 Å². The van der Waals surface area contributed by atoms with Gasteiger partial charge in [-0.1, -0.05) is 36.2 Å². The number of nitrogens with zero attached hydrogens (tertiary/aromatic N) is 1. The SMILES string of the molecule is CCCN(CC(N)c1cc(C)cc(C)c1)C1CC1. The van der Waals surface area contributed by atoms with E-state index in [-0.39, 0.29) is 6.04 Å². The van der Waals surface area contributed by atoms with Crippen LogP contribution in [0.15, 0.2) is 18.2 Å². The second-order valence-corrected chi connectivity index (χ2v) is 5.75. The quantitative estimate of drug-likeness (QED) is 0.835. The first-order valence-electron chi connectivity index (χ1n) is 7.18. The molecular formula is C16H26N2. The lowest BCUT2D eigenvalue weighted by atomic mass is 10.0. The molecule has 1 fully saturated rings. The summed E-state index contributed by atoms with van der Waals surface area (Å²) in [6, 6.07) is 7.63. The summed E-state index contributed by atoms with van der Waals surface area (Å²) in [5.41, 5.74) is 10.3. The molecule has 0 amide bonds. The highest BCUT2D eigenvalue weighted by Crippen LogP contribution is 2.28. The van der Waals surface area contributed by atoms with Gasteiger partial charge in [0.1, 0.15) is 0 Å². The van der Waals surface area contributed by atoms with Gasteiger partial charge in [-0.15, -0.1) is 0 Å². The standard InChI is InChI=1S/C16H26N2/c1-4-7-18(15-5-6-15)11-16(17)14-9-12(2)8-13(3)10-14/h8-10,15-16H,4-7,11,17H2,1-3H3. The minimum atomic E-state index is 0.149. The highest BCUT2D eigenvalue weighted by molar-refractivity contribution is 5.30. The van der Waals surface area contributed by atoms with Crippen molar-refractivity contribution < 1.29 is 0 Å². The number of benzene rings is 1. The average molecular weight is 246 g/mol. The van der Waals surface area contributed by atoms with E-state index < -0.39 is 0 Å². The highest BCUT2D eigenvalue weighted by Gasteiger charge is 2.29. The molecule has 1 atom stereocenters. The summed E-state index contributed by atoms with van der Waals surface area (Å²) in [4.78, 5) is 2.57. The molecule has 0 saturated heterocycles. The van der Waals surface area contributed by atoms with Gasteiger partial charge in [-0.2, -0.15) is 0 Å². The van der Waals surface area contributed by atoms with Gasteiger partial charge in [-0.3, -0.25) is 4.90 Å². The van der Waals surface area contributed by atoms with E-state index in [0.29, 0.717) is 0 Å². The van der Waals surface area contributed by atoms with Crippen molar-refractivity contribution in [2.24, 2.45) is 5.73 Å². The van der Waals surface area contributed by atoms with Crippen LogP contribution in [0.2, 0.25) is 0 Å². The van der Waals surface area contributed by atoms with Gasteiger partial charge >= 0.3 is 0 Å². The number of rotatable bonds is 6. The predicted molar refractivity (Wildman–Crippen MR) is 77.7 cm³/mol. The van der Waals surface area contributed by atoms with Crippen molar-refractivity contribution in [3.63, 3.8) is 0 Å². The first-order valence-corrected chi connectivity index (χ1v) is 7.18. The Bertz CT molecular complexity index is 376. The topological polar surface area (TPSA) is 29.3 Å². The third kappa shape index (κ3) is 3.56. The molecule has 0 bridgehead atoms. The fourth-order valence-corrected chi connectivity index (χ4v) is 2.73. The maximum absolute atomic E-state index is 6.39. The molecule has 100 valence electrons. The maximum atomic E-state index is 6.39. The average Bonchev–Trinajstić information content (AvgIpc) is 3.10. The molecule has 0 radical (unpaired) electrons. The normalized spacial score (nSPS) is 17.2. The lowest BCUT2D eigenvalue weighted by Crippen LogP contribution is -2.34. The molecule has 0 aromatic heterocycles. The fourth-order valence-electron chi connectivity index (χ4n) is 2.73. The summed E-state index contributed by atoms with van der Waals surface area (Å²) in [6.45, 7) is 8.73. The zero-order valence-corrected chi connectivity index (χ0v) is 11.9. The number of nitrogens with two attached hydrogens (primary N) is 1. The molecule has 1 aliphatic carbocycles. The van der Waals surface area contributed by atoms with Gasteiger partial charge in [-0.05, 0) is 45.2 Å². The van der Waals surface area contributed by atoms with Crippen LogP contribution in [0.1, 0.15) is 48.9 Å². The monoisotopic (exact) mass is 246 g/mol. The Balaban J connectivity index is 2.02. The van der Waals surface area contributed by atoms with E-state index in [1.165, 1.54) is 42.5 Å². The Hall–Kier alpha value is -0.860. The van der Waals surface area contributed by atoms with Gasteiger partial charge in [0.2, 0.25) is 0 Å². The molecule has 18 heavy (non-hydrogen) atoms. The summed E-state index contributed by atoms with van der Waals surface area (Å²) in [5, 5.41) is 0. The van der Waals surface area contributed by atoms with Crippen molar-refractivity contribution in [2.75, 3.05) is 13.1 Å². The van der Waals surface area contributed by atoms with Crippen molar-refractivity contribution >= 4 is 0 Å². The predicted octanol–water partition coefficient (Wildman–Crippen LogP) is 3.18. The molecular weight excluding hydrogens is 220 g/mol. The van der Waals surface area contributed by atoms with Crippen LogP contribution in [0.25, 0.3) is 0 Å². The van der Waals surface area contributed by atoms with E-state index in [1.54, 1.807) is 0 Å². The zero-order valence-electron chi connectivity index (χ0n) is 11.9. The highest BCUT2D eigenvalue weighted by atomic mass is 15.2. The first kappa shape index (κ1) is 13.6. The number of hydrogen-bond acceptors (Lipinski definition) is 2. The van der Waals surface area contributed by atoms with Crippen LogP contribution in [-0.2, 0) is 0 Å². The van der Waals surface area contributed by atoms with Crippen molar-refractivity contribution in [3.8, 4) is 0 Å². The van der Waals surface area contributed by atoms with Gasteiger partial charge < -0.3 is 5.73 Å². The van der Waals surface area contributed by atoms with Crippen LogP contribution >= 0.6 is 0 Å². The lowest BCUT2D eigenvalue weighted by molar-refractivity contribution is 0.248. The van der Waals surface area contributed by atoms with Crippen molar-refractivity contribution in [3.05, 3.63) is 34.9 Å². The lowest BCUT2D eigenvalue weighted by Gasteiger charge is -2.25. The molecule has 1 aromatic carbocycles. The zero-order chi connectivity index (χ0) is 13.1. The smallest absolute Gasteiger partial charge is 0.0424 e. The van der Waals surface area contributed by atoms with E-state index in [9.17, 15) is 0 Å². The van der Waals surface area contributed by atoms with Gasteiger partial charge in [0.25, 0.3) is 0 Å². The largest absolute Gasteiger partial charge is 0.323 e. The Morgan fingerprint density at radius 2 is 1.83 bits per heavy atom. The van der Waals surface area contributed by atoms with Crippen LogP contribution in [0.3, 0.4) is 0 Å². The van der Waals surface area contributed by atoms with Gasteiger partial charge in [0.15, 0.2) is 0 Å². The van der Waals surface area contributed by atoms with Gasteiger partial charge in [0, 0.05) is 18.6 Å². The van der Waals surface area contributed by atoms with Crippen molar-refractivity contribution in [1.29, 1.82) is 0 Å². The summed E-state index contributed by atoms with van der Waals surface area (Å²) >= 11 is 0. The summed E-state index contributed by atoms with van der Waals surface area (Å²) in [5.74, 6) is 0. The van der Waals surface area contributed by atoms with E-state index in [2.05, 4.69) is 43.9 Å². The second-order valence-electron chi connectivity index (χ2n) is 5.75. The molecule has 0 spiro atoms. The molecule has 0 aliphatic heterocycles. The molecule has 2 heteroatoms. The Morgan fingerprint density at radius 1 is 1.22 bits per heavy atom. The molecule has 2 N–H and O–H groups in total. The van der Waals surface area contributed by atoms with Crippen LogP contribution in [0.5, 0.6) is 0 Å². The maximum Gasteiger partial charge on any atom is 0.0424 e. The first-order chi connectivity index (χ1) is 8.60. The minimum Gasteiger partial charge on any atom is -0.323 e. The van der Waals surface area contributed by atoms with Gasteiger partial charge in [0.05, 0.1) is 0 Å². The third-order valence-electron chi connectivity index (χ3n) is 3.68. The van der Waals surface area contributed by atoms with Crippen LogP contribution in [0, 0.1) is 13.8 Å². The minimum absolute atomic E-state index is 0.149. The third-order valence-corrected chi connectivity index (χ3v) is 3.68. The second kappa shape index (κ2) is 5.85. The molecule has 2 nitrogen and oxygen atoms in total. The summed E-state index contributed by atoms with van der Waals surface area (Å²) in [6.07, 6.45) is 3.94. The molecule has 1 unspecified atom stereocenters. The number of hydrogen-bond donors (Lipinski definition) is 1. The molecule has 2 rings (SSSR count). The molecule has 1 aliphatic rings. The Kier molecular flexibility index (Phi) is 4.41. The van der Waals surface area contributed by atoms with Gasteiger partial charge in [-0.25, -0.2) is 0 Å². The van der Waals surface area contributed by atoms with Crippen molar-refractivity contribution in [2.45, 2.75) is 52.1 Å². The van der Waals surface area contributed by atoms with Crippen LogP contribution < -0.4 is 5.73 Å². The van der Waals surface area contributed by atoms with Crippen LogP contribution in [-0.4, -0.2) is 24.0 Å². The summed E-state index contributed by atoms with van der Waals surface area (Å²) < 4.78 is 0. The fraction of sp³-hybridized carbons (Fsp3) is 0.625. The summed E-state index contributed by atoms with van der Waals surface area (Å²) in [7, 11) is 0. The van der Waals surface area contributed by atoms with E-state index >= 15 is 0 Å². The van der Waals surface area contributed by atoms with Crippen LogP contribution in [0.4, 0.5) is 0 Å². The molecule has 1 saturated carbocycles. The Morgan fingerprint density at radius 3 is 2.33 bits per heavy atom. The van der Waals surface area contributed by atoms with E-state index in [1.807, 2.05) is 0 Å². The Labute approximate surface area is 111 Å². The number of aryl methyl sites for hydroxylation is 2. The molecule has 0 heterocycles. The van der Waals surface area contributed by atoms with E-state index in [0.717, 1.165) is 12.6 Å². The molecule has 1 aromatic rings.